The summed E-state index contributed by atoms with van der Waals surface area (Å²) in [7, 11) is -32.5. The molecule has 2 aliphatic rings. The van der Waals surface area contributed by atoms with Gasteiger partial charge in [0.05, 0.1) is 32.6 Å². The third-order valence-electron chi connectivity index (χ3n) is 13.3. The summed E-state index contributed by atoms with van der Waals surface area (Å²) in [4.78, 5) is 93.5. The molecule has 2 aliphatic carbocycles. The summed E-state index contributed by atoms with van der Waals surface area (Å²) in [6.07, 6.45) is 2.34. The molecule has 8 rings (SSSR count). The Balaban J connectivity index is 1.02. The zero-order valence-electron chi connectivity index (χ0n) is 46.0. The van der Waals surface area contributed by atoms with Crippen LogP contribution in [0.5, 0.6) is 0 Å². The van der Waals surface area contributed by atoms with Crippen LogP contribution in [0.15, 0.2) is 171 Å². The first-order valence-electron chi connectivity index (χ1n) is 24.9. The highest BCUT2D eigenvalue weighted by atomic mass is 32.2. The fraction of sp³-hybridized carbons (Fsp3) is 0.0755. The molecule has 0 saturated carbocycles. The molecule has 0 spiro atoms. The number of nitrogens with one attached hydrogen (secondary N) is 4. The SMILES string of the molecule is Cc1ccc(C(=O)N=C2C=C(C(=O)Nc3ccc(S(=O)(=O)O)c4cc(S(=O)(=O)O)cc(S(=O)(=O)O)c34)C=C(C(=O)O)C2)cc1NC(=O)Nc1cc(C(=O)N=C2C=C(C(=O)Nc3ccc(S(=O)(=O)O)c4cc(S(=O)(=O)O)cc(S(=O)(=O)O)c34)C=C(C(=O)O)C2)ccc1C. The van der Waals surface area contributed by atoms with Crippen molar-refractivity contribution in [2.75, 3.05) is 21.3 Å². The lowest BCUT2D eigenvalue weighted by molar-refractivity contribution is -0.133. The first kappa shape index (κ1) is 68.0. The van der Waals surface area contributed by atoms with E-state index in [2.05, 4.69) is 31.3 Å². The highest BCUT2D eigenvalue weighted by Crippen LogP contribution is 2.39. The van der Waals surface area contributed by atoms with Gasteiger partial charge in [-0.25, -0.2) is 24.4 Å². The van der Waals surface area contributed by atoms with Crippen molar-refractivity contribution >= 4 is 158 Å². The summed E-state index contributed by atoms with van der Waals surface area (Å²) in [5, 5.41) is 25.6. The number of hydrogen-bond acceptors (Lipinski definition) is 19. The maximum atomic E-state index is 13.8. The molecule has 6 aromatic rings. The molecular weight excluding hydrogens is 1340 g/mol. The molecular formula is C53H40N6O27S6. The second-order valence-electron chi connectivity index (χ2n) is 19.6. The first-order valence-corrected chi connectivity index (χ1v) is 33.6. The van der Waals surface area contributed by atoms with Gasteiger partial charge in [0.25, 0.3) is 84.3 Å². The maximum absolute atomic E-state index is 13.8. The molecule has 0 atom stereocenters. The molecule has 0 aliphatic heterocycles. The van der Waals surface area contributed by atoms with E-state index in [9.17, 15) is 122 Å². The third-order valence-corrected chi connectivity index (χ3v) is 18.5. The first-order chi connectivity index (χ1) is 42.4. The van der Waals surface area contributed by atoms with Crippen molar-refractivity contribution in [3.8, 4) is 0 Å². The minimum Gasteiger partial charge on any atom is -0.478 e. The van der Waals surface area contributed by atoms with E-state index in [1.807, 2.05) is 0 Å². The van der Waals surface area contributed by atoms with Gasteiger partial charge in [-0.15, -0.1) is 0 Å². The van der Waals surface area contributed by atoms with Crippen LogP contribution >= 0.6 is 0 Å². The molecule has 480 valence electrons. The van der Waals surface area contributed by atoms with E-state index in [1.54, 1.807) is 0 Å². The summed E-state index contributed by atoms with van der Waals surface area (Å²) in [6, 6.07) is 10.5. The second kappa shape index (κ2) is 24.7. The minimum atomic E-state index is -5.56. The molecule has 0 heterocycles. The standard InChI is InChI=1S/C53H40N6O27S6/c1-23-3-5-25(47(60)54-31-13-27(11-29(15-31)51(64)65)49(62)56-37-7-9-41(89(75,76)77)35-19-33(87(69,70)71)21-43(45(35)37)91(81,82)83)17-39(23)58-53(68)59-40-18-26(6-4-24(40)2)48(61)55-32-14-28(12-30(16-32)52(66)67)50(63)57-38-8-10-42(90(78,79)80)36-20-34(88(72,73)74)22-44(46(36)38)92(84,85)86/h3-14,17-22H,15-16H2,1-2H3,(H,56,62)(H,57,63)(H,64,65)(H,66,67)(H2,58,59,68)(H,69,70,71)(H,72,73,74)(H,75,76,77)(H,78,79,80)(H,81,82,83)(H,84,85,86). The Labute approximate surface area is 517 Å². The van der Waals surface area contributed by atoms with Gasteiger partial charge in [0.15, 0.2) is 0 Å². The minimum absolute atomic E-state index is 0.0184. The number of carboxylic acids is 2. The number of nitrogens with zero attached hydrogens (tertiary/aromatic N) is 2. The number of urea groups is 1. The maximum Gasteiger partial charge on any atom is 0.331 e. The quantitative estimate of drug-likeness (QED) is 0.0576. The lowest BCUT2D eigenvalue weighted by Crippen LogP contribution is -2.21. The van der Waals surface area contributed by atoms with Crippen molar-refractivity contribution < 1.29 is 122 Å². The Hall–Kier alpha value is -9.91. The Morgan fingerprint density at radius 1 is 0.391 bits per heavy atom. The number of carbonyl (C=O) groups excluding carboxylic acids is 5. The van der Waals surface area contributed by atoms with Crippen LogP contribution in [0.1, 0.15) is 44.7 Å². The van der Waals surface area contributed by atoms with Crippen molar-refractivity contribution in [2.45, 2.75) is 56.1 Å². The summed E-state index contributed by atoms with van der Waals surface area (Å²) in [5.41, 5.74) is -4.12. The van der Waals surface area contributed by atoms with E-state index in [0.717, 1.165) is 48.6 Å². The number of benzene rings is 6. The van der Waals surface area contributed by atoms with Gasteiger partial charge in [-0.1, -0.05) is 12.1 Å². The number of anilines is 4. The molecule has 0 aromatic heterocycles. The summed E-state index contributed by atoms with van der Waals surface area (Å²) in [5.74, 6) is -7.96. The van der Waals surface area contributed by atoms with Gasteiger partial charge >= 0.3 is 18.0 Å². The molecule has 0 unspecified atom stereocenters. The van der Waals surface area contributed by atoms with Crippen molar-refractivity contribution in [2.24, 2.45) is 9.98 Å². The number of allylic oxidation sites excluding steroid dienone is 2. The van der Waals surface area contributed by atoms with E-state index in [0.29, 0.717) is 35.4 Å². The summed E-state index contributed by atoms with van der Waals surface area (Å²) in [6.45, 7) is 3.03. The molecule has 39 heteroatoms. The van der Waals surface area contributed by atoms with E-state index >= 15 is 0 Å². The summed E-state index contributed by atoms with van der Waals surface area (Å²) < 4.78 is 207. The van der Waals surface area contributed by atoms with Gasteiger partial charge in [-0.05, 0) is 122 Å². The van der Waals surface area contributed by atoms with Crippen molar-refractivity contribution in [1.82, 2.24) is 0 Å². The van der Waals surface area contributed by atoms with E-state index in [1.165, 1.54) is 38.1 Å². The van der Waals surface area contributed by atoms with Crippen LogP contribution in [0.2, 0.25) is 0 Å². The van der Waals surface area contributed by atoms with E-state index in [-0.39, 0.29) is 46.1 Å². The highest BCUT2D eigenvalue weighted by Gasteiger charge is 2.31. The normalized spacial score (nSPS) is 15.0. The highest BCUT2D eigenvalue weighted by molar-refractivity contribution is 7.88. The number of carboxylic acid groups (broad SMARTS) is 2. The third kappa shape index (κ3) is 15.1. The number of hydrogen-bond donors (Lipinski definition) is 12. The van der Waals surface area contributed by atoms with Crippen LogP contribution in [-0.4, -0.2) is 141 Å². The molecule has 12 N–H and O–H groups in total. The fourth-order valence-electron chi connectivity index (χ4n) is 9.08. The fourth-order valence-corrected chi connectivity index (χ4v) is 13.2. The van der Waals surface area contributed by atoms with Crippen LogP contribution < -0.4 is 21.3 Å². The number of aryl methyl sites for hydroxylation is 2. The predicted octanol–water partition coefficient (Wildman–Crippen LogP) is 4.86. The second-order valence-corrected chi connectivity index (χ2v) is 28.0. The molecule has 0 saturated heterocycles. The van der Waals surface area contributed by atoms with Crippen LogP contribution in [0.4, 0.5) is 27.5 Å². The topological polar surface area (TPSA) is 559 Å². The summed E-state index contributed by atoms with van der Waals surface area (Å²) >= 11 is 0. The van der Waals surface area contributed by atoms with Gasteiger partial charge < -0.3 is 31.5 Å². The van der Waals surface area contributed by atoms with Crippen LogP contribution in [0.25, 0.3) is 21.5 Å². The monoisotopic (exact) mass is 1380 g/mol. The molecule has 0 radical (unpaired) electrons. The average Bonchev–Trinajstić information content (AvgIpc) is 0.748. The lowest BCUT2D eigenvalue weighted by Gasteiger charge is -2.17. The molecule has 0 fully saturated rings. The number of aliphatic carboxylic acids is 2. The number of fused-ring (bicyclic) bond motifs is 2. The molecule has 0 bridgehead atoms. The van der Waals surface area contributed by atoms with Crippen molar-refractivity contribution in [3.63, 3.8) is 0 Å². The van der Waals surface area contributed by atoms with E-state index < -0.39 is 200 Å². The molecule has 6 aromatic carbocycles. The van der Waals surface area contributed by atoms with Crippen LogP contribution in [0, 0.1) is 13.8 Å². The van der Waals surface area contributed by atoms with Gasteiger partial charge in [-0.3, -0.25) is 46.5 Å². The Morgan fingerprint density at radius 3 is 1.03 bits per heavy atom. The van der Waals surface area contributed by atoms with E-state index in [4.69, 9.17) is 0 Å². The van der Waals surface area contributed by atoms with Crippen molar-refractivity contribution in [3.05, 3.63) is 154 Å². The zero-order chi connectivity index (χ0) is 68.3. The van der Waals surface area contributed by atoms with Gasteiger partial charge in [0.2, 0.25) is 0 Å². The smallest absolute Gasteiger partial charge is 0.331 e. The zero-order valence-corrected chi connectivity index (χ0v) is 50.9. The van der Waals surface area contributed by atoms with Crippen LogP contribution in [-0.2, 0) is 79.9 Å². The number of amides is 6. The average molecular weight is 1390 g/mol. The van der Waals surface area contributed by atoms with Crippen LogP contribution in [0.3, 0.4) is 0 Å². The Bertz CT molecular complexity index is 5010. The molecule has 33 nitrogen and oxygen atoms in total. The number of aliphatic imine (C=N–C) groups is 2. The van der Waals surface area contributed by atoms with Gasteiger partial charge in [-0.2, -0.15) is 50.5 Å². The molecule has 92 heavy (non-hydrogen) atoms. The Kier molecular flexibility index (Phi) is 18.3. The largest absolute Gasteiger partial charge is 0.478 e. The van der Waals surface area contributed by atoms with Gasteiger partial charge in [0.1, 0.15) is 19.6 Å². The predicted molar refractivity (Wildman–Crippen MR) is 319 cm³/mol. The van der Waals surface area contributed by atoms with Crippen molar-refractivity contribution in [1.29, 1.82) is 0 Å². The lowest BCUT2D eigenvalue weighted by atomic mass is 9.96. The Morgan fingerprint density at radius 2 is 0.728 bits per heavy atom. The molecule has 6 amide bonds. The van der Waals surface area contributed by atoms with Gasteiger partial charge in [0, 0.05) is 79.2 Å². The number of rotatable bonds is 16. The number of carbonyl (C=O) groups is 7.